The van der Waals surface area contributed by atoms with Gasteiger partial charge in [0.2, 0.25) is 0 Å². The molecule has 0 aromatic heterocycles. The van der Waals surface area contributed by atoms with E-state index in [-0.39, 0.29) is 11.5 Å². The van der Waals surface area contributed by atoms with Crippen LogP contribution in [0.25, 0.3) is 10.8 Å². The lowest BCUT2D eigenvalue weighted by Crippen LogP contribution is -2.38. The molecule has 122 valence electrons. The van der Waals surface area contributed by atoms with Crippen LogP contribution in [0.3, 0.4) is 0 Å². The van der Waals surface area contributed by atoms with Crippen LogP contribution in [-0.2, 0) is 4.79 Å². The molecule has 2 aromatic carbocycles. The van der Waals surface area contributed by atoms with Crippen LogP contribution < -0.4 is 5.32 Å². The molecular formula is C20H21N3O. The number of nitriles is 1. The van der Waals surface area contributed by atoms with Gasteiger partial charge < -0.3 is 10.2 Å². The van der Waals surface area contributed by atoms with E-state index in [2.05, 4.69) is 18.3 Å². The fourth-order valence-electron chi connectivity index (χ4n) is 2.96. The Morgan fingerprint density at radius 1 is 1.21 bits per heavy atom. The SMILES string of the molecule is CC1CCN(C(=O)/C(C#N)=C\Nc2ccc3ccccc3c2)CC1. The van der Waals surface area contributed by atoms with Crippen molar-refractivity contribution in [2.24, 2.45) is 5.92 Å². The Kier molecular flexibility index (Phi) is 4.81. The van der Waals surface area contributed by atoms with E-state index in [1.54, 1.807) is 4.90 Å². The minimum Gasteiger partial charge on any atom is -0.360 e. The molecule has 0 radical (unpaired) electrons. The van der Waals surface area contributed by atoms with E-state index in [0.717, 1.165) is 42.4 Å². The van der Waals surface area contributed by atoms with Gasteiger partial charge in [-0.3, -0.25) is 4.79 Å². The monoisotopic (exact) mass is 319 g/mol. The van der Waals surface area contributed by atoms with Crippen molar-refractivity contribution in [3.63, 3.8) is 0 Å². The zero-order valence-corrected chi connectivity index (χ0v) is 13.8. The van der Waals surface area contributed by atoms with Crippen molar-refractivity contribution in [2.45, 2.75) is 19.8 Å². The first-order valence-electron chi connectivity index (χ1n) is 8.32. The Bertz CT molecular complexity index is 811. The Morgan fingerprint density at radius 2 is 1.92 bits per heavy atom. The third-order valence-electron chi connectivity index (χ3n) is 4.55. The highest BCUT2D eigenvalue weighted by Gasteiger charge is 2.22. The van der Waals surface area contributed by atoms with E-state index in [4.69, 9.17) is 0 Å². The number of benzene rings is 2. The standard InChI is InChI=1S/C20H21N3O/c1-15-8-10-23(11-9-15)20(24)18(13-21)14-22-19-7-6-16-4-2-3-5-17(16)12-19/h2-7,12,14-15,22H,8-11H2,1H3/b18-14-. The molecule has 4 nitrogen and oxygen atoms in total. The molecule has 4 heteroatoms. The van der Waals surface area contributed by atoms with Gasteiger partial charge in [0, 0.05) is 25.0 Å². The molecule has 24 heavy (non-hydrogen) atoms. The molecule has 1 saturated heterocycles. The second kappa shape index (κ2) is 7.18. The Balaban J connectivity index is 1.72. The smallest absolute Gasteiger partial charge is 0.266 e. The molecule has 0 saturated carbocycles. The average Bonchev–Trinajstić information content (AvgIpc) is 2.62. The minimum absolute atomic E-state index is 0.151. The Labute approximate surface area is 142 Å². The van der Waals surface area contributed by atoms with Crippen LogP contribution >= 0.6 is 0 Å². The summed E-state index contributed by atoms with van der Waals surface area (Å²) in [5.41, 5.74) is 1.01. The van der Waals surface area contributed by atoms with Gasteiger partial charge in [0.25, 0.3) is 5.91 Å². The lowest BCUT2D eigenvalue weighted by Gasteiger charge is -2.30. The lowest BCUT2D eigenvalue weighted by atomic mass is 9.99. The number of carbonyl (C=O) groups is 1. The van der Waals surface area contributed by atoms with Crippen LogP contribution in [0.5, 0.6) is 0 Å². The van der Waals surface area contributed by atoms with Gasteiger partial charge in [0.15, 0.2) is 0 Å². The van der Waals surface area contributed by atoms with Crippen LogP contribution in [0, 0.1) is 17.2 Å². The number of fused-ring (bicyclic) bond motifs is 1. The Morgan fingerprint density at radius 3 is 2.62 bits per heavy atom. The molecule has 0 aliphatic carbocycles. The number of rotatable bonds is 3. The molecule has 2 aromatic rings. The second-order valence-corrected chi connectivity index (χ2v) is 6.35. The van der Waals surface area contributed by atoms with Gasteiger partial charge in [-0.15, -0.1) is 0 Å². The van der Waals surface area contributed by atoms with Crippen LogP contribution in [0.1, 0.15) is 19.8 Å². The molecule has 1 aliphatic heterocycles. The van der Waals surface area contributed by atoms with Gasteiger partial charge in [-0.1, -0.05) is 37.3 Å². The van der Waals surface area contributed by atoms with Gasteiger partial charge in [0.05, 0.1) is 0 Å². The van der Waals surface area contributed by atoms with Crippen LogP contribution in [-0.4, -0.2) is 23.9 Å². The van der Waals surface area contributed by atoms with Gasteiger partial charge in [-0.25, -0.2) is 0 Å². The Hall–Kier alpha value is -2.80. The number of anilines is 1. The molecular weight excluding hydrogens is 298 g/mol. The molecule has 1 heterocycles. The number of likely N-dealkylation sites (tertiary alicyclic amines) is 1. The summed E-state index contributed by atoms with van der Waals surface area (Å²) in [6, 6.07) is 16.1. The molecule has 1 amide bonds. The maximum absolute atomic E-state index is 12.5. The first-order valence-corrected chi connectivity index (χ1v) is 8.32. The highest BCUT2D eigenvalue weighted by atomic mass is 16.2. The summed E-state index contributed by atoms with van der Waals surface area (Å²) in [6.07, 6.45) is 3.52. The second-order valence-electron chi connectivity index (χ2n) is 6.35. The predicted octanol–water partition coefficient (Wildman–Crippen LogP) is 3.92. The highest BCUT2D eigenvalue weighted by molar-refractivity contribution is 5.97. The van der Waals surface area contributed by atoms with E-state index < -0.39 is 0 Å². The molecule has 1 fully saturated rings. The van der Waals surface area contributed by atoms with Crippen molar-refractivity contribution in [3.8, 4) is 6.07 Å². The molecule has 0 bridgehead atoms. The third-order valence-corrected chi connectivity index (χ3v) is 4.55. The summed E-state index contributed by atoms with van der Waals surface area (Å²) >= 11 is 0. The number of hydrogen-bond donors (Lipinski definition) is 1. The molecule has 1 aliphatic rings. The molecule has 0 unspecified atom stereocenters. The topological polar surface area (TPSA) is 56.1 Å². The number of hydrogen-bond acceptors (Lipinski definition) is 3. The van der Waals surface area contributed by atoms with E-state index in [1.165, 1.54) is 6.20 Å². The van der Waals surface area contributed by atoms with Crippen molar-refractivity contribution >= 4 is 22.4 Å². The van der Waals surface area contributed by atoms with Crippen molar-refractivity contribution in [1.82, 2.24) is 4.90 Å². The summed E-state index contributed by atoms with van der Waals surface area (Å²) in [4.78, 5) is 14.2. The first-order chi connectivity index (χ1) is 11.7. The fourth-order valence-corrected chi connectivity index (χ4v) is 2.96. The average molecular weight is 319 g/mol. The summed E-state index contributed by atoms with van der Waals surface area (Å²) < 4.78 is 0. The maximum Gasteiger partial charge on any atom is 0.266 e. The van der Waals surface area contributed by atoms with Crippen LogP contribution in [0.4, 0.5) is 5.69 Å². The van der Waals surface area contributed by atoms with Crippen molar-refractivity contribution < 1.29 is 4.79 Å². The van der Waals surface area contributed by atoms with Crippen LogP contribution in [0.15, 0.2) is 54.2 Å². The van der Waals surface area contributed by atoms with Gasteiger partial charge >= 0.3 is 0 Å². The summed E-state index contributed by atoms with van der Waals surface area (Å²) in [6.45, 7) is 3.66. The number of piperidine rings is 1. The zero-order valence-electron chi connectivity index (χ0n) is 13.8. The van der Waals surface area contributed by atoms with Crippen LogP contribution in [0.2, 0.25) is 0 Å². The maximum atomic E-state index is 12.5. The third kappa shape index (κ3) is 3.57. The zero-order chi connectivity index (χ0) is 16.9. The largest absolute Gasteiger partial charge is 0.360 e. The first kappa shape index (κ1) is 16.1. The fraction of sp³-hybridized carbons (Fsp3) is 0.300. The van der Waals surface area contributed by atoms with Gasteiger partial charge in [-0.2, -0.15) is 5.26 Å². The number of carbonyl (C=O) groups excluding carboxylic acids is 1. The molecule has 0 spiro atoms. The van der Waals surface area contributed by atoms with Crippen molar-refractivity contribution in [1.29, 1.82) is 5.26 Å². The van der Waals surface area contributed by atoms with Crippen molar-refractivity contribution in [2.75, 3.05) is 18.4 Å². The number of nitrogens with one attached hydrogen (secondary N) is 1. The normalized spacial score (nSPS) is 16.0. The highest BCUT2D eigenvalue weighted by Crippen LogP contribution is 2.20. The van der Waals surface area contributed by atoms with E-state index in [9.17, 15) is 10.1 Å². The lowest BCUT2D eigenvalue weighted by molar-refractivity contribution is -0.128. The summed E-state index contributed by atoms with van der Waals surface area (Å²) in [7, 11) is 0. The van der Waals surface area contributed by atoms with E-state index in [1.807, 2.05) is 42.5 Å². The van der Waals surface area contributed by atoms with E-state index >= 15 is 0 Å². The van der Waals surface area contributed by atoms with Gasteiger partial charge in [0.1, 0.15) is 11.6 Å². The summed E-state index contributed by atoms with van der Waals surface area (Å²) in [5.74, 6) is 0.469. The quantitative estimate of drug-likeness (QED) is 0.689. The van der Waals surface area contributed by atoms with Gasteiger partial charge in [-0.05, 0) is 41.7 Å². The minimum atomic E-state index is -0.183. The molecule has 0 atom stereocenters. The van der Waals surface area contributed by atoms with Crippen molar-refractivity contribution in [3.05, 3.63) is 54.2 Å². The predicted molar refractivity (Wildman–Crippen MR) is 96.2 cm³/mol. The molecule has 1 N–H and O–H groups in total. The number of nitrogens with zero attached hydrogens (tertiary/aromatic N) is 2. The number of amides is 1. The molecule has 3 rings (SSSR count). The van der Waals surface area contributed by atoms with E-state index in [0.29, 0.717) is 5.92 Å². The summed E-state index contributed by atoms with van der Waals surface area (Å²) in [5, 5.41) is 14.7.